The van der Waals surface area contributed by atoms with E-state index in [1.807, 2.05) is 0 Å². The van der Waals surface area contributed by atoms with Crippen LogP contribution < -0.4 is 0 Å². The molecule has 0 aromatic carbocycles. The maximum absolute atomic E-state index is 10.5. The van der Waals surface area contributed by atoms with E-state index in [1.165, 1.54) is 0 Å². The molecule has 1 rings (SSSR count). The van der Waals surface area contributed by atoms with Crippen molar-refractivity contribution in [2.75, 3.05) is 0 Å². The Hall–Kier alpha value is -0.598. The molecule has 0 N–H and O–H groups in total. The molecular formula is C4H2O5Pb. The average molecular weight is 337 g/mol. The molecular weight excluding hydrogens is 335 g/mol. The first-order valence-electron chi connectivity index (χ1n) is 2.34. The van der Waals surface area contributed by atoms with Crippen molar-refractivity contribution >= 4 is 35.6 Å². The van der Waals surface area contributed by atoms with E-state index in [1.54, 1.807) is 0 Å². The van der Waals surface area contributed by atoms with E-state index in [9.17, 15) is 12.3 Å². The fraction of sp³-hybridized carbons (Fsp3) is 0. The van der Waals surface area contributed by atoms with Crippen LogP contribution in [0, 0.1) is 0 Å². The topological polar surface area (TPSA) is 69.7 Å². The van der Waals surface area contributed by atoms with E-state index in [0.29, 0.717) is 0 Å². The molecule has 1 aliphatic heterocycles. The molecule has 0 fully saturated rings. The van der Waals surface area contributed by atoms with E-state index >= 15 is 0 Å². The Labute approximate surface area is 65.5 Å². The second-order valence-corrected chi connectivity index (χ2v) is 4.96. The van der Waals surface area contributed by atoms with E-state index in [2.05, 4.69) is 5.37 Å². The second kappa shape index (κ2) is 2.99. The summed E-state index contributed by atoms with van der Waals surface area (Å²) in [6.07, 6.45) is 1.77. The Morgan fingerprint density at radius 2 is 1.50 bits per heavy atom. The third kappa shape index (κ3) is 1.97. The zero-order valence-electron chi connectivity index (χ0n) is 4.70. The van der Waals surface area contributed by atoms with Gasteiger partial charge >= 0.3 is 65.4 Å². The summed E-state index contributed by atoms with van der Waals surface area (Å²) in [6.45, 7) is 0. The van der Waals surface area contributed by atoms with Crippen molar-refractivity contribution in [2.24, 2.45) is 0 Å². The molecule has 0 unspecified atom stereocenters. The van der Waals surface area contributed by atoms with E-state index in [0.717, 1.165) is 12.2 Å². The summed E-state index contributed by atoms with van der Waals surface area (Å²) in [5.74, 6) is -1.55. The van der Waals surface area contributed by atoms with Crippen molar-refractivity contribution in [3.63, 3.8) is 0 Å². The molecule has 10 heavy (non-hydrogen) atoms. The van der Waals surface area contributed by atoms with Crippen LogP contribution >= 0.6 is 0 Å². The molecule has 0 bridgehead atoms. The molecule has 52 valence electrons. The fourth-order valence-electron chi connectivity index (χ4n) is 0.389. The number of carbonyl (C=O) groups excluding carboxylic acids is 2. The van der Waals surface area contributed by atoms with Gasteiger partial charge in [0.25, 0.3) is 0 Å². The number of carbonyl (C=O) groups is 2. The first kappa shape index (κ1) is 7.51. The molecule has 0 aromatic rings. The molecule has 0 saturated carbocycles. The molecule has 5 nitrogen and oxygen atoms in total. The van der Waals surface area contributed by atoms with Gasteiger partial charge in [-0.3, -0.25) is 0 Å². The van der Waals surface area contributed by atoms with E-state index in [4.69, 9.17) is 0 Å². The molecule has 0 saturated heterocycles. The van der Waals surface area contributed by atoms with Crippen molar-refractivity contribution < 1.29 is 17.6 Å². The van der Waals surface area contributed by atoms with Crippen molar-refractivity contribution in [3.8, 4) is 0 Å². The first-order chi connectivity index (χ1) is 4.68. The zero-order chi connectivity index (χ0) is 7.56. The summed E-state index contributed by atoms with van der Waals surface area (Å²) >= 11 is -3.93. The van der Waals surface area contributed by atoms with Gasteiger partial charge in [-0.2, -0.15) is 0 Å². The van der Waals surface area contributed by atoms with Gasteiger partial charge in [-0.15, -0.1) is 0 Å². The molecule has 0 amide bonds. The van der Waals surface area contributed by atoms with Gasteiger partial charge in [-0.1, -0.05) is 0 Å². The van der Waals surface area contributed by atoms with Crippen LogP contribution in [0.2, 0.25) is 0 Å². The van der Waals surface area contributed by atoms with Crippen LogP contribution in [-0.4, -0.2) is 35.6 Å². The monoisotopic (exact) mass is 338 g/mol. The molecule has 1 aliphatic rings. The van der Waals surface area contributed by atoms with Crippen LogP contribution in [0.15, 0.2) is 12.2 Å². The summed E-state index contributed by atoms with van der Waals surface area (Å²) < 4.78 is 18.8. The summed E-state index contributed by atoms with van der Waals surface area (Å²) in [4.78, 5) is 20.7. The second-order valence-electron chi connectivity index (χ2n) is 1.43. The number of hydrogen-bond donors (Lipinski definition) is 0. The van der Waals surface area contributed by atoms with Crippen LogP contribution in [0.3, 0.4) is 0 Å². The molecule has 6 heteroatoms. The summed E-state index contributed by atoms with van der Waals surface area (Å²) in [6, 6.07) is 0. The predicted molar refractivity (Wildman–Crippen MR) is 27.8 cm³/mol. The Balaban J connectivity index is 2.79. The van der Waals surface area contributed by atoms with Crippen molar-refractivity contribution in [1.29, 1.82) is 0 Å². The van der Waals surface area contributed by atoms with Crippen LogP contribution in [0.4, 0.5) is 0 Å². The number of rotatable bonds is 0. The van der Waals surface area contributed by atoms with Gasteiger partial charge in [0, 0.05) is 0 Å². The molecule has 0 aromatic heterocycles. The first-order valence-corrected chi connectivity index (χ1v) is 7.10. The number of hydrogen-bond acceptors (Lipinski definition) is 5. The Morgan fingerprint density at radius 1 is 1.10 bits per heavy atom. The summed E-state index contributed by atoms with van der Waals surface area (Å²) in [5, 5.41) is 0. The van der Waals surface area contributed by atoms with Gasteiger partial charge in [-0.05, 0) is 0 Å². The molecule has 0 spiro atoms. The van der Waals surface area contributed by atoms with Crippen LogP contribution in [0.25, 0.3) is 0 Å². The van der Waals surface area contributed by atoms with Crippen molar-refractivity contribution in [3.05, 3.63) is 12.2 Å². The minimum absolute atomic E-state index is 0.775. The zero-order valence-corrected chi connectivity index (χ0v) is 8.58. The Kier molecular flexibility index (Phi) is 2.25. The minimum atomic E-state index is -3.93. The van der Waals surface area contributed by atoms with Crippen LogP contribution in [-0.2, 0) is 17.6 Å². The van der Waals surface area contributed by atoms with Gasteiger partial charge < -0.3 is 0 Å². The van der Waals surface area contributed by atoms with Crippen LogP contribution in [0.5, 0.6) is 0 Å². The van der Waals surface area contributed by atoms with Gasteiger partial charge in [0.1, 0.15) is 0 Å². The summed E-state index contributed by atoms with van der Waals surface area (Å²) in [5.41, 5.74) is 0. The van der Waals surface area contributed by atoms with E-state index < -0.39 is 35.6 Å². The van der Waals surface area contributed by atoms with Crippen molar-refractivity contribution in [1.82, 2.24) is 0 Å². The van der Waals surface area contributed by atoms with Gasteiger partial charge in [0.05, 0.1) is 0 Å². The third-order valence-corrected chi connectivity index (χ3v) is 3.58. The van der Waals surface area contributed by atoms with Gasteiger partial charge in [0.15, 0.2) is 0 Å². The SMILES string of the molecule is O=C1C=CC(=O)[O][Pb](=[O])[O]1. The van der Waals surface area contributed by atoms with Gasteiger partial charge in [0.2, 0.25) is 0 Å². The maximum atomic E-state index is 10.5. The Bertz CT molecular complexity index is 208. The average Bonchev–Trinajstić information content (AvgIpc) is 1.93. The van der Waals surface area contributed by atoms with E-state index in [-0.39, 0.29) is 0 Å². The van der Waals surface area contributed by atoms with Crippen LogP contribution in [0.1, 0.15) is 0 Å². The summed E-state index contributed by atoms with van der Waals surface area (Å²) in [7, 11) is 0. The molecule has 0 aliphatic carbocycles. The Morgan fingerprint density at radius 3 is 1.90 bits per heavy atom. The predicted octanol–water partition coefficient (Wildman–Crippen LogP) is -0.942. The molecule has 1 heterocycles. The van der Waals surface area contributed by atoms with Gasteiger partial charge in [-0.25, -0.2) is 0 Å². The normalized spacial score (nSPS) is 17.8. The molecule has 0 radical (unpaired) electrons. The standard InChI is InChI=1S/C4H4O4.O.Pb/c5-3(6)1-2-4(7)8;;/h1-2H,(H,5,6)(H,7,8);;/q;;+2/p-2. The fourth-order valence-corrected chi connectivity index (χ4v) is 2.36. The van der Waals surface area contributed by atoms with Crippen molar-refractivity contribution in [2.45, 2.75) is 0 Å². The quantitative estimate of drug-likeness (QED) is 0.534. The molecule has 0 atom stereocenters. The third-order valence-electron chi connectivity index (χ3n) is 0.723.